The summed E-state index contributed by atoms with van der Waals surface area (Å²) in [7, 11) is 0. The van der Waals surface area contributed by atoms with Gasteiger partial charge in [0.05, 0.1) is 4.92 Å². The Morgan fingerprint density at radius 2 is 1.88 bits per heavy atom. The van der Waals surface area contributed by atoms with E-state index in [2.05, 4.69) is 10.6 Å². The number of nitro groups is 1. The molecule has 2 rings (SSSR count). The van der Waals surface area contributed by atoms with Gasteiger partial charge >= 0.3 is 0 Å². The van der Waals surface area contributed by atoms with Crippen LogP contribution in [0.4, 0.5) is 11.4 Å². The zero-order chi connectivity index (χ0) is 18.4. The minimum Gasteiger partial charge on any atom is -0.341 e. The molecule has 0 aliphatic carbocycles. The molecule has 0 aliphatic rings. The van der Waals surface area contributed by atoms with E-state index >= 15 is 0 Å². The lowest BCUT2D eigenvalue weighted by molar-refractivity contribution is -0.384. The van der Waals surface area contributed by atoms with E-state index in [0.717, 1.165) is 12.0 Å². The molecular weight excluding hydrogens is 322 g/mol. The fourth-order valence-electron chi connectivity index (χ4n) is 2.23. The van der Waals surface area contributed by atoms with E-state index in [9.17, 15) is 19.7 Å². The number of carbonyl (C=O) groups excluding carboxylic acids is 2. The van der Waals surface area contributed by atoms with Crippen LogP contribution in [0.1, 0.15) is 29.8 Å². The number of benzene rings is 2. The quantitative estimate of drug-likeness (QED) is 0.623. The van der Waals surface area contributed by atoms with Crippen LogP contribution >= 0.6 is 0 Å². The highest BCUT2D eigenvalue weighted by molar-refractivity contribution is 6.01. The molecule has 2 aromatic rings. The van der Waals surface area contributed by atoms with Crippen molar-refractivity contribution in [1.29, 1.82) is 0 Å². The monoisotopic (exact) mass is 341 g/mol. The van der Waals surface area contributed by atoms with Crippen molar-refractivity contribution in [3.8, 4) is 0 Å². The minimum absolute atomic E-state index is 0.127. The lowest BCUT2D eigenvalue weighted by Crippen LogP contribution is -2.41. The van der Waals surface area contributed by atoms with Gasteiger partial charge in [-0.05, 0) is 37.1 Å². The van der Waals surface area contributed by atoms with Crippen LogP contribution in [-0.4, -0.2) is 22.8 Å². The Bertz CT molecular complexity index is 804. The van der Waals surface area contributed by atoms with Crippen LogP contribution in [0.3, 0.4) is 0 Å². The first-order valence-electron chi connectivity index (χ1n) is 7.86. The first-order chi connectivity index (χ1) is 11.9. The van der Waals surface area contributed by atoms with Gasteiger partial charge in [-0.15, -0.1) is 0 Å². The first-order valence-corrected chi connectivity index (χ1v) is 7.86. The highest BCUT2D eigenvalue weighted by Gasteiger charge is 2.18. The molecule has 0 saturated carbocycles. The van der Waals surface area contributed by atoms with Crippen LogP contribution < -0.4 is 10.6 Å². The predicted molar refractivity (Wildman–Crippen MR) is 94.5 cm³/mol. The Morgan fingerprint density at radius 3 is 2.56 bits per heavy atom. The van der Waals surface area contributed by atoms with Crippen LogP contribution in [0.2, 0.25) is 0 Å². The maximum absolute atomic E-state index is 12.2. The third kappa shape index (κ3) is 4.87. The van der Waals surface area contributed by atoms with Crippen molar-refractivity contribution in [2.75, 3.05) is 5.32 Å². The van der Waals surface area contributed by atoms with Gasteiger partial charge in [-0.2, -0.15) is 0 Å². The van der Waals surface area contributed by atoms with E-state index in [1.807, 2.05) is 25.1 Å². The molecule has 0 spiro atoms. The summed E-state index contributed by atoms with van der Waals surface area (Å²) in [5, 5.41) is 16.0. The van der Waals surface area contributed by atoms with Crippen molar-refractivity contribution >= 4 is 23.2 Å². The van der Waals surface area contributed by atoms with Gasteiger partial charge in [0, 0.05) is 23.4 Å². The number of hydrogen-bond acceptors (Lipinski definition) is 4. The number of aryl methyl sites for hydroxylation is 1. The van der Waals surface area contributed by atoms with Crippen LogP contribution in [-0.2, 0) is 11.2 Å². The largest absolute Gasteiger partial charge is 0.341 e. The average molecular weight is 341 g/mol. The van der Waals surface area contributed by atoms with Crippen molar-refractivity contribution in [3.05, 3.63) is 69.8 Å². The maximum atomic E-state index is 12.2. The zero-order valence-electron chi connectivity index (χ0n) is 14.0. The molecule has 130 valence electrons. The Balaban J connectivity index is 2.01. The number of amides is 2. The van der Waals surface area contributed by atoms with Gasteiger partial charge in [-0.1, -0.05) is 25.1 Å². The molecule has 0 fully saturated rings. The van der Waals surface area contributed by atoms with Crippen molar-refractivity contribution < 1.29 is 14.5 Å². The van der Waals surface area contributed by atoms with E-state index in [4.69, 9.17) is 0 Å². The Labute approximate surface area is 145 Å². The van der Waals surface area contributed by atoms with Crippen molar-refractivity contribution in [2.45, 2.75) is 26.3 Å². The lowest BCUT2D eigenvalue weighted by atomic mass is 10.1. The number of nitrogens with zero attached hydrogens (tertiary/aromatic N) is 1. The number of nitrogens with one attached hydrogen (secondary N) is 2. The summed E-state index contributed by atoms with van der Waals surface area (Å²) >= 11 is 0. The SMILES string of the molecule is CCc1cccc(NC(=O)C(C)NC(=O)c2cccc([N+](=O)[O-])c2)c1. The second kappa shape index (κ2) is 8.05. The zero-order valence-corrected chi connectivity index (χ0v) is 14.0. The van der Waals surface area contributed by atoms with Gasteiger partial charge in [-0.25, -0.2) is 0 Å². The molecule has 0 heterocycles. The summed E-state index contributed by atoms with van der Waals surface area (Å²) in [4.78, 5) is 34.6. The first kappa shape index (κ1) is 18.1. The fourth-order valence-corrected chi connectivity index (χ4v) is 2.23. The molecule has 1 unspecified atom stereocenters. The topological polar surface area (TPSA) is 101 Å². The summed E-state index contributed by atoms with van der Waals surface area (Å²) in [6.45, 7) is 3.57. The number of non-ortho nitro benzene ring substituents is 1. The van der Waals surface area contributed by atoms with Gasteiger partial charge in [0.1, 0.15) is 6.04 Å². The van der Waals surface area contributed by atoms with Crippen molar-refractivity contribution in [3.63, 3.8) is 0 Å². The molecule has 7 heteroatoms. The summed E-state index contributed by atoms with van der Waals surface area (Å²) < 4.78 is 0. The van der Waals surface area contributed by atoms with Gasteiger partial charge in [-0.3, -0.25) is 19.7 Å². The molecule has 1 atom stereocenters. The Morgan fingerprint density at radius 1 is 1.16 bits per heavy atom. The van der Waals surface area contributed by atoms with Gasteiger partial charge in [0.25, 0.3) is 11.6 Å². The third-order valence-corrected chi connectivity index (χ3v) is 3.66. The Hall–Kier alpha value is -3.22. The van der Waals surface area contributed by atoms with Gasteiger partial charge in [0.15, 0.2) is 0 Å². The summed E-state index contributed by atoms with van der Waals surface area (Å²) in [6.07, 6.45) is 0.850. The van der Waals surface area contributed by atoms with E-state index in [0.29, 0.717) is 5.69 Å². The van der Waals surface area contributed by atoms with Crippen molar-refractivity contribution in [1.82, 2.24) is 5.32 Å². The Kier molecular flexibility index (Phi) is 5.84. The summed E-state index contributed by atoms with van der Waals surface area (Å²) in [5.41, 5.74) is 1.69. The average Bonchev–Trinajstić information content (AvgIpc) is 2.61. The molecule has 25 heavy (non-hydrogen) atoms. The number of rotatable bonds is 6. The third-order valence-electron chi connectivity index (χ3n) is 3.66. The van der Waals surface area contributed by atoms with Gasteiger partial charge in [0.2, 0.25) is 5.91 Å². The minimum atomic E-state index is -0.794. The molecular formula is C18H19N3O4. The predicted octanol–water partition coefficient (Wildman–Crippen LogP) is 2.91. The maximum Gasteiger partial charge on any atom is 0.270 e. The van der Waals surface area contributed by atoms with Crippen LogP contribution in [0.15, 0.2) is 48.5 Å². The summed E-state index contributed by atoms with van der Waals surface area (Å²) in [6, 6.07) is 12.0. The van der Waals surface area contributed by atoms with Crippen LogP contribution in [0, 0.1) is 10.1 Å². The second-order valence-corrected chi connectivity index (χ2v) is 5.55. The van der Waals surface area contributed by atoms with Gasteiger partial charge < -0.3 is 10.6 Å². The highest BCUT2D eigenvalue weighted by Crippen LogP contribution is 2.14. The standard InChI is InChI=1S/C18H19N3O4/c1-3-13-6-4-8-15(10-13)20-17(22)12(2)19-18(23)14-7-5-9-16(11-14)21(24)25/h4-12H,3H2,1-2H3,(H,19,23)(H,20,22). The molecule has 0 saturated heterocycles. The molecule has 0 radical (unpaired) electrons. The van der Waals surface area contributed by atoms with E-state index in [1.165, 1.54) is 24.3 Å². The van der Waals surface area contributed by atoms with Crippen LogP contribution in [0.5, 0.6) is 0 Å². The van der Waals surface area contributed by atoms with Crippen LogP contribution in [0.25, 0.3) is 0 Å². The molecule has 2 N–H and O–H groups in total. The normalized spacial score (nSPS) is 11.4. The van der Waals surface area contributed by atoms with E-state index in [1.54, 1.807) is 13.0 Å². The second-order valence-electron chi connectivity index (χ2n) is 5.55. The van der Waals surface area contributed by atoms with E-state index < -0.39 is 16.9 Å². The fraction of sp³-hybridized carbons (Fsp3) is 0.222. The molecule has 2 aromatic carbocycles. The molecule has 0 bridgehead atoms. The summed E-state index contributed by atoms with van der Waals surface area (Å²) in [5.74, 6) is -0.916. The highest BCUT2D eigenvalue weighted by atomic mass is 16.6. The number of anilines is 1. The number of nitro benzene ring substituents is 1. The molecule has 7 nitrogen and oxygen atoms in total. The smallest absolute Gasteiger partial charge is 0.270 e. The lowest BCUT2D eigenvalue weighted by Gasteiger charge is -2.14. The molecule has 2 amide bonds. The molecule has 0 aromatic heterocycles. The number of carbonyl (C=O) groups is 2. The van der Waals surface area contributed by atoms with E-state index in [-0.39, 0.29) is 17.2 Å². The number of hydrogen-bond donors (Lipinski definition) is 2. The molecule has 0 aliphatic heterocycles. The van der Waals surface area contributed by atoms with Crippen molar-refractivity contribution in [2.24, 2.45) is 0 Å².